The van der Waals surface area contributed by atoms with Gasteiger partial charge >= 0.3 is 0 Å². The zero-order valence-electron chi connectivity index (χ0n) is 14.2. The van der Waals surface area contributed by atoms with Crippen LogP contribution >= 0.6 is 0 Å². The van der Waals surface area contributed by atoms with Crippen LogP contribution in [-0.4, -0.2) is 21.1 Å². The Morgan fingerprint density at radius 2 is 1.81 bits per heavy atom. The highest BCUT2D eigenvalue weighted by Gasteiger charge is 2.22. The summed E-state index contributed by atoms with van der Waals surface area (Å²) in [7, 11) is 0. The molecule has 3 N–H and O–H groups in total. The number of nitrogens with two attached hydrogens (primary N) is 1. The molecule has 5 nitrogen and oxygen atoms in total. The molecule has 0 atom stereocenters. The number of fused-ring (bicyclic) bond motifs is 3. The Morgan fingerprint density at radius 3 is 2.54 bits per heavy atom. The molecule has 0 aliphatic carbocycles. The van der Waals surface area contributed by atoms with Crippen LogP contribution in [0.2, 0.25) is 0 Å². The normalized spacial score (nSPS) is 11.1. The number of aromatic nitrogens is 2. The van der Waals surface area contributed by atoms with Crippen LogP contribution in [0.3, 0.4) is 0 Å². The summed E-state index contributed by atoms with van der Waals surface area (Å²) in [6.07, 6.45) is 1.12. The number of nitrogen functional groups attached to an aromatic ring is 1. The molecule has 0 amide bonds. The van der Waals surface area contributed by atoms with E-state index in [2.05, 4.69) is 11.1 Å². The van der Waals surface area contributed by atoms with Crippen molar-refractivity contribution in [1.82, 2.24) is 9.38 Å². The standard InChI is InChI=1S/C21H18N4O/c22-13-16-15(9-6-12-26)19(14-7-2-1-3-8-14)20(23)25-18-11-5-4-10-17(18)24-21(16)25/h1-5,7-8,10-11,26H,6,9,12,23H2. The third kappa shape index (κ3) is 2.40. The lowest BCUT2D eigenvalue weighted by atomic mass is 9.93. The molecule has 4 rings (SSSR count). The molecule has 0 saturated carbocycles. The van der Waals surface area contributed by atoms with Crippen molar-refractivity contribution in [3.63, 3.8) is 0 Å². The molecular formula is C21H18N4O. The Kier molecular flexibility index (Phi) is 4.04. The molecule has 2 aromatic heterocycles. The number of hydrogen-bond acceptors (Lipinski definition) is 4. The Morgan fingerprint density at radius 1 is 1.08 bits per heavy atom. The summed E-state index contributed by atoms with van der Waals surface area (Å²) in [6, 6.07) is 19.9. The SMILES string of the molecule is N#Cc1c(CCCO)c(-c2ccccc2)c(N)n2c1nc1ccccc12. The van der Waals surface area contributed by atoms with Gasteiger partial charge in [-0.25, -0.2) is 4.98 Å². The molecule has 2 heterocycles. The minimum Gasteiger partial charge on any atom is -0.396 e. The first kappa shape index (κ1) is 16.1. The molecule has 0 saturated heterocycles. The van der Waals surface area contributed by atoms with Crippen LogP contribution in [0.1, 0.15) is 17.5 Å². The van der Waals surface area contributed by atoms with Crippen molar-refractivity contribution in [2.24, 2.45) is 0 Å². The van der Waals surface area contributed by atoms with Gasteiger partial charge in [-0.2, -0.15) is 5.26 Å². The molecule has 0 unspecified atom stereocenters. The summed E-state index contributed by atoms with van der Waals surface area (Å²) >= 11 is 0. The Hall–Kier alpha value is -3.36. The quantitative estimate of drug-likeness (QED) is 0.594. The predicted octanol–water partition coefficient (Wildman–Crippen LogP) is 3.53. The van der Waals surface area contributed by atoms with E-state index in [1.807, 2.05) is 59.0 Å². The number of anilines is 1. The maximum atomic E-state index is 9.90. The fraction of sp³-hybridized carbons (Fsp3) is 0.143. The van der Waals surface area contributed by atoms with Crippen molar-refractivity contribution < 1.29 is 5.11 Å². The van der Waals surface area contributed by atoms with E-state index in [4.69, 9.17) is 5.73 Å². The van der Waals surface area contributed by atoms with Crippen LogP contribution in [0.4, 0.5) is 5.82 Å². The summed E-state index contributed by atoms with van der Waals surface area (Å²) in [5, 5.41) is 19.2. The molecular weight excluding hydrogens is 324 g/mol. The molecule has 128 valence electrons. The number of aliphatic hydroxyl groups excluding tert-OH is 1. The van der Waals surface area contributed by atoms with Gasteiger partial charge in [0, 0.05) is 12.2 Å². The minimum atomic E-state index is 0.0561. The maximum absolute atomic E-state index is 9.90. The van der Waals surface area contributed by atoms with Gasteiger partial charge in [-0.15, -0.1) is 0 Å². The topological polar surface area (TPSA) is 87.3 Å². The fourth-order valence-corrected chi connectivity index (χ4v) is 3.51. The molecule has 0 aliphatic heterocycles. The molecule has 26 heavy (non-hydrogen) atoms. The van der Waals surface area contributed by atoms with Crippen LogP contribution in [0.15, 0.2) is 54.6 Å². The van der Waals surface area contributed by atoms with Gasteiger partial charge in [-0.3, -0.25) is 4.40 Å². The van der Waals surface area contributed by atoms with E-state index in [-0.39, 0.29) is 6.61 Å². The number of nitrogens with zero attached hydrogens (tertiary/aromatic N) is 3. The summed E-state index contributed by atoms with van der Waals surface area (Å²) in [5.74, 6) is 0.562. The summed E-state index contributed by atoms with van der Waals surface area (Å²) in [5.41, 5.74) is 12.0. The molecule has 4 aromatic rings. The van der Waals surface area contributed by atoms with E-state index in [1.54, 1.807) is 0 Å². The average Bonchev–Trinajstić information content (AvgIpc) is 3.06. The second-order valence-electron chi connectivity index (χ2n) is 6.18. The van der Waals surface area contributed by atoms with E-state index in [1.165, 1.54) is 0 Å². The van der Waals surface area contributed by atoms with E-state index >= 15 is 0 Å². The Balaban J connectivity index is 2.18. The zero-order valence-corrected chi connectivity index (χ0v) is 14.2. The third-order valence-electron chi connectivity index (χ3n) is 4.64. The molecule has 5 heteroatoms. The maximum Gasteiger partial charge on any atom is 0.157 e. The molecule has 0 spiro atoms. The van der Waals surface area contributed by atoms with Crippen LogP contribution in [0.5, 0.6) is 0 Å². The number of nitriles is 1. The van der Waals surface area contributed by atoms with Crippen LogP contribution < -0.4 is 5.73 Å². The molecule has 0 fully saturated rings. The first-order chi connectivity index (χ1) is 12.8. The van der Waals surface area contributed by atoms with Crippen molar-refractivity contribution in [1.29, 1.82) is 5.26 Å². The summed E-state index contributed by atoms with van der Waals surface area (Å²) in [6.45, 7) is 0.0561. The number of benzene rings is 2. The number of hydrogen-bond donors (Lipinski definition) is 2. The lowest BCUT2D eigenvalue weighted by Crippen LogP contribution is -2.08. The lowest BCUT2D eigenvalue weighted by Gasteiger charge is -2.17. The summed E-state index contributed by atoms with van der Waals surface area (Å²) in [4.78, 5) is 4.65. The minimum absolute atomic E-state index is 0.0561. The second kappa shape index (κ2) is 6.51. The van der Waals surface area contributed by atoms with E-state index in [0.29, 0.717) is 29.9 Å². The molecule has 0 radical (unpaired) electrons. The van der Waals surface area contributed by atoms with Gasteiger partial charge in [0.25, 0.3) is 0 Å². The molecule has 2 aromatic carbocycles. The van der Waals surface area contributed by atoms with Gasteiger partial charge in [-0.1, -0.05) is 42.5 Å². The van der Waals surface area contributed by atoms with E-state index in [0.717, 1.165) is 27.7 Å². The van der Waals surface area contributed by atoms with Crippen LogP contribution in [0.25, 0.3) is 27.8 Å². The van der Waals surface area contributed by atoms with Gasteiger partial charge in [0.05, 0.1) is 16.6 Å². The van der Waals surface area contributed by atoms with Gasteiger partial charge in [0.2, 0.25) is 0 Å². The Bertz CT molecular complexity index is 1140. The first-order valence-corrected chi connectivity index (χ1v) is 8.54. The van der Waals surface area contributed by atoms with Crippen LogP contribution in [-0.2, 0) is 6.42 Å². The van der Waals surface area contributed by atoms with E-state index in [9.17, 15) is 10.4 Å². The highest BCUT2D eigenvalue weighted by molar-refractivity contribution is 5.91. The number of imidazole rings is 1. The fourth-order valence-electron chi connectivity index (χ4n) is 3.51. The molecule has 0 aliphatic rings. The van der Waals surface area contributed by atoms with Crippen molar-refractivity contribution in [3.05, 3.63) is 65.7 Å². The smallest absolute Gasteiger partial charge is 0.157 e. The third-order valence-corrected chi connectivity index (χ3v) is 4.64. The summed E-state index contributed by atoms with van der Waals surface area (Å²) < 4.78 is 1.86. The average molecular weight is 342 g/mol. The van der Waals surface area contributed by atoms with Gasteiger partial charge < -0.3 is 10.8 Å². The highest BCUT2D eigenvalue weighted by Crippen LogP contribution is 2.36. The largest absolute Gasteiger partial charge is 0.396 e. The van der Waals surface area contributed by atoms with Crippen molar-refractivity contribution in [2.75, 3.05) is 12.3 Å². The number of aliphatic hydroxyl groups is 1. The van der Waals surface area contributed by atoms with E-state index < -0.39 is 0 Å². The monoisotopic (exact) mass is 342 g/mol. The lowest BCUT2D eigenvalue weighted by molar-refractivity contribution is 0.288. The Labute approximate surface area is 150 Å². The van der Waals surface area contributed by atoms with Crippen LogP contribution in [0, 0.1) is 11.3 Å². The second-order valence-corrected chi connectivity index (χ2v) is 6.18. The number of para-hydroxylation sites is 2. The molecule has 0 bridgehead atoms. The number of pyridine rings is 1. The number of rotatable bonds is 4. The highest BCUT2D eigenvalue weighted by atomic mass is 16.2. The van der Waals surface area contributed by atoms with Gasteiger partial charge in [0.1, 0.15) is 11.9 Å². The zero-order chi connectivity index (χ0) is 18.1. The predicted molar refractivity (Wildman–Crippen MR) is 103 cm³/mol. The van der Waals surface area contributed by atoms with Crippen molar-refractivity contribution in [2.45, 2.75) is 12.8 Å². The first-order valence-electron chi connectivity index (χ1n) is 8.54. The van der Waals surface area contributed by atoms with Gasteiger partial charge in [-0.05, 0) is 36.1 Å². The van der Waals surface area contributed by atoms with Gasteiger partial charge in [0.15, 0.2) is 5.65 Å². The van der Waals surface area contributed by atoms with Crippen molar-refractivity contribution in [3.8, 4) is 17.2 Å². The van der Waals surface area contributed by atoms with Crippen molar-refractivity contribution >= 4 is 22.5 Å².